The molecule has 0 spiro atoms. The zero-order valence-corrected chi connectivity index (χ0v) is 13.4. The average molecular weight is 366 g/mol. The fourth-order valence-electron chi connectivity index (χ4n) is 2.88. The number of rotatable bonds is 3. The molecule has 0 aromatic heterocycles. The molecule has 1 atom stereocenters. The Kier molecular flexibility index (Phi) is 4.92. The average Bonchev–Trinajstić information content (AvgIpc) is 3.12. The Labute approximate surface area is 146 Å². The van der Waals surface area contributed by atoms with E-state index in [0.717, 1.165) is 18.2 Å². The second-order valence-corrected chi connectivity index (χ2v) is 5.88. The first-order valence-electron chi connectivity index (χ1n) is 7.89. The Morgan fingerprint density at radius 2 is 1.65 bits per heavy atom. The number of hydrogen-bond acceptors (Lipinski definition) is 2. The molecule has 1 aliphatic rings. The molecule has 2 aromatic carbocycles. The number of hydrogen-bond donors (Lipinski definition) is 1. The lowest BCUT2D eigenvalue weighted by atomic mass is 10.1. The number of carbonyl (C=O) groups excluding carboxylic acids is 2. The van der Waals surface area contributed by atoms with Gasteiger partial charge in [0.1, 0.15) is 11.9 Å². The molecule has 136 valence electrons. The maximum absolute atomic E-state index is 13.7. The van der Waals surface area contributed by atoms with Crippen molar-refractivity contribution in [2.45, 2.75) is 18.9 Å². The summed E-state index contributed by atoms with van der Waals surface area (Å²) in [6.45, 7) is 0.300. The Morgan fingerprint density at radius 1 is 0.962 bits per heavy atom. The van der Waals surface area contributed by atoms with Crippen LogP contribution in [0.5, 0.6) is 0 Å². The minimum atomic E-state index is -1.69. The summed E-state index contributed by atoms with van der Waals surface area (Å²) >= 11 is 0. The third kappa shape index (κ3) is 3.40. The van der Waals surface area contributed by atoms with E-state index in [1.165, 1.54) is 17.0 Å². The van der Waals surface area contributed by atoms with Crippen molar-refractivity contribution >= 4 is 17.5 Å². The molecule has 8 heteroatoms. The fourth-order valence-corrected chi connectivity index (χ4v) is 2.88. The van der Waals surface area contributed by atoms with E-state index in [1.807, 2.05) is 0 Å². The van der Waals surface area contributed by atoms with Crippen LogP contribution in [0.3, 0.4) is 0 Å². The molecular formula is C18H14F4N2O2. The van der Waals surface area contributed by atoms with Gasteiger partial charge in [0, 0.05) is 12.1 Å². The number of anilines is 1. The number of carbonyl (C=O) groups is 2. The van der Waals surface area contributed by atoms with Crippen molar-refractivity contribution in [1.29, 1.82) is 0 Å². The number of nitrogens with zero attached hydrogens (tertiary/aromatic N) is 1. The summed E-state index contributed by atoms with van der Waals surface area (Å²) in [7, 11) is 0. The second-order valence-electron chi connectivity index (χ2n) is 5.88. The SMILES string of the molecule is O=C(Nc1ccc(F)c(F)c1F)[C@@H]1CCCN1C(=O)c1ccc(F)cc1. The van der Waals surface area contributed by atoms with Crippen molar-refractivity contribution in [2.24, 2.45) is 0 Å². The van der Waals surface area contributed by atoms with Gasteiger partial charge in [-0.25, -0.2) is 17.6 Å². The minimum absolute atomic E-state index is 0.213. The molecule has 4 nitrogen and oxygen atoms in total. The fraction of sp³-hybridized carbons (Fsp3) is 0.222. The monoisotopic (exact) mass is 366 g/mol. The molecule has 0 radical (unpaired) electrons. The summed E-state index contributed by atoms with van der Waals surface area (Å²) in [6.07, 6.45) is 0.884. The topological polar surface area (TPSA) is 49.4 Å². The van der Waals surface area contributed by atoms with Crippen molar-refractivity contribution in [2.75, 3.05) is 11.9 Å². The molecule has 2 amide bonds. The van der Waals surface area contributed by atoms with E-state index >= 15 is 0 Å². The van der Waals surface area contributed by atoms with E-state index in [-0.39, 0.29) is 5.56 Å². The lowest BCUT2D eigenvalue weighted by molar-refractivity contribution is -0.119. The summed E-state index contributed by atoms with van der Waals surface area (Å²) in [5.74, 6) is -6.22. The minimum Gasteiger partial charge on any atom is -0.327 e. The van der Waals surface area contributed by atoms with Crippen molar-refractivity contribution in [3.63, 3.8) is 0 Å². The molecule has 1 N–H and O–H groups in total. The number of nitrogens with one attached hydrogen (secondary N) is 1. The van der Waals surface area contributed by atoms with Gasteiger partial charge in [0.2, 0.25) is 5.91 Å². The molecule has 2 aromatic rings. The summed E-state index contributed by atoms with van der Waals surface area (Å²) < 4.78 is 53.0. The van der Waals surface area contributed by atoms with Gasteiger partial charge in [0.25, 0.3) is 5.91 Å². The van der Waals surface area contributed by atoms with Crippen LogP contribution >= 0.6 is 0 Å². The van der Waals surface area contributed by atoms with E-state index in [1.54, 1.807) is 0 Å². The number of benzene rings is 2. The van der Waals surface area contributed by atoms with Gasteiger partial charge >= 0.3 is 0 Å². The molecule has 1 fully saturated rings. The second kappa shape index (κ2) is 7.15. The molecule has 3 rings (SSSR count). The van der Waals surface area contributed by atoms with Crippen LogP contribution in [0.2, 0.25) is 0 Å². The van der Waals surface area contributed by atoms with Crippen LogP contribution in [-0.4, -0.2) is 29.3 Å². The van der Waals surface area contributed by atoms with Gasteiger partial charge in [-0.15, -0.1) is 0 Å². The van der Waals surface area contributed by atoms with E-state index < -0.39 is 46.8 Å². The zero-order valence-electron chi connectivity index (χ0n) is 13.4. The van der Waals surface area contributed by atoms with Gasteiger partial charge in [0.05, 0.1) is 5.69 Å². The molecule has 0 bridgehead atoms. The van der Waals surface area contributed by atoms with E-state index in [9.17, 15) is 27.2 Å². The van der Waals surface area contributed by atoms with Crippen LogP contribution in [0.4, 0.5) is 23.2 Å². The van der Waals surface area contributed by atoms with Crippen LogP contribution in [0.25, 0.3) is 0 Å². The van der Waals surface area contributed by atoms with Gasteiger partial charge in [-0.3, -0.25) is 9.59 Å². The Balaban J connectivity index is 1.77. The highest BCUT2D eigenvalue weighted by Gasteiger charge is 2.35. The van der Waals surface area contributed by atoms with Crippen LogP contribution in [-0.2, 0) is 4.79 Å². The van der Waals surface area contributed by atoms with Crippen molar-refractivity contribution < 1.29 is 27.2 Å². The highest BCUT2D eigenvalue weighted by atomic mass is 19.2. The van der Waals surface area contributed by atoms with Gasteiger partial charge in [-0.2, -0.15) is 0 Å². The first-order chi connectivity index (χ1) is 12.4. The summed E-state index contributed by atoms with van der Waals surface area (Å²) in [5, 5.41) is 2.19. The maximum atomic E-state index is 13.7. The molecule has 1 saturated heterocycles. The molecular weight excluding hydrogens is 352 g/mol. The summed E-state index contributed by atoms with van der Waals surface area (Å²) in [4.78, 5) is 26.2. The van der Waals surface area contributed by atoms with Crippen molar-refractivity contribution in [1.82, 2.24) is 4.90 Å². The standard InChI is InChI=1S/C18H14F4N2O2/c19-11-5-3-10(4-6-11)18(26)24-9-1-2-14(24)17(25)23-13-8-7-12(20)15(21)16(13)22/h3-8,14H,1-2,9H2,(H,23,25)/t14-/m0/s1. The van der Waals surface area contributed by atoms with Crippen LogP contribution in [0.1, 0.15) is 23.2 Å². The normalized spacial score (nSPS) is 16.6. The number of amides is 2. The van der Waals surface area contributed by atoms with Gasteiger partial charge < -0.3 is 10.2 Å². The molecule has 0 saturated carbocycles. The van der Waals surface area contributed by atoms with Gasteiger partial charge in [0.15, 0.2) is 17.5 Å². The van der Waals surface area contributed by atoms with Crippen LogP contribution < -0.4 is 5.32 Å². The first-order valence-corrected chi connectivity index (χ1v) is 7.89. The van der Waals surface area contributed by atoms with E-state index in [0.29, 0.717) is 25.5 Å². The van der Waals surface area contributed by atoms with Gasteiger partial charge in [-0.05, 0) is 49.2 Å². The molecule has 0 unspecified atom stereocenters. The first kappa shape index (κ1) is 17.9. The largest absolute Gasteiger partial charge is 0.327 e. The molecule has 26 heavy (non-hydrogen) atoms. The Morgan fingerprint density at radius 3 is 2.35 bits per heavy atom. The van der Waals surface area contributed by atoms with Crippen molar-refractivity contribution in [3.05, 3.63) is 65.2 Å². The van der Waals surface area contributed by atoms with Gasteiger partial charge in [-0.1, -0.05) is 0 Å². The van der Waals surface area contributed by atoms with Crippen molar-refractivity contribution in [3.8, 4) is 0 Å². The highest BCUT2D eigenvalue weighted by molar-refractivity contribution is 6.01. The Hall–Kier alpha value is -2.90. The zero-order chi connectivity index (χ0) is 18.8. The Bertz CT molecular complexity index is 855. The summed E-state index contributed by atoms with van der Waals surface area (Å²) in [5.41, 5.74) is -0.292. The lowest BCUT2D eigenvalue weighted by Gasteiger charge is -2.24. The lowest BCUT2D eigenvalue weighted by Crippen LogP contribution is -2.43. The molecule has 1 heterocycles. The summed E-state index contributed by atoms with van der Waals surface area (Å²) in [6, 6.07) is 5.60. The predicted octanol–water partition coefficient (Wildman–Crippen LogP) is 3.49. The van der Waals surface area contributed by atoms with Crippen LogP contribution in [0.15, 0.2) is 36.4 Å². The number of halogens is 4. The predicted molar refractivity (Wildman–Crippen MR) is 85.4 cm³/mol. The highest BCUT2D eigenvalue weighted by Crippen LogP contribution is 2.24. The quantitative estimate of drug-likeness (QED) is 0.668. The smallest absolute Gasteiger partial charge is 0.254 e. The molecule has 0 aliphatic carbocycles. The van der Waals surface area contributed by atoms with E-state index in [2.05, 4.69) is 5.32 Å². The maximum Gasteiger partial charge on any atom is 0.254 e. The van der Waals surface area contributed by atoms with E-state index in [4.69, 9.17) is 0 Å². The molecule has 1 aliphatic heterocycles. The third-order valence-electron chi connectivity index (χ3n) is 4.20. The number of likely N-dealkylation sites (tertiary alicyclic amines) is 1. The third-order valence-corrected chi connectivity index (χ3v) is 4.20. The van der Waals surface area contributed by atoms with Crippen LogP contribution in [0, 0.1) is 23.3 Å².